The molecule has 1 fully saturated rings. The Kier molecular flexibility index (Phi) is 4.93. The molecule has 116 valence electrons. The van der Waals surface area contributed by atoms with Crippen LogP contribution < -0.4 is 0 Å². The molecule has 1 aliphatic rings. The monoisotopic (exact) mass is 292 g/mol. The van der Waals surface area contributed by atoms with Crippen LogP contribution in [0, 0.1) is 0 Å². The van der Waals surface area contributed by atoms with Gasteiger partial charge in [0.25, 0.3) is 0 Å². The fourth-order valence-corrected chi connectivity index (χ4v) is 2.33. The maximum Gasteiger partial charge on any atom is 0.341 e. The second-order valence-electron chi connectivity index (χ2n) is 5.50. The van der Waals surface area contributed by atoms with Crippen molar-refractivity contribution >= 4 is 5.97 Å². The van der Waals surface area contributed by atoms with Crippen LogP contribution in [0.3, 0.4) is 0 Å². The summed E-state index contributed by atoms with van der Waals surface area (Å²) in [6.07, 6.45) is 4.52. The molecule has 1 atom stereocenters. The predicted octanol–water partition coefficient (Wildman–Crippen LogP) is 3.19. The van der Waals surface area contributed by atoms with E-state index in [9.17, 15) is 4.79 Å². The van der Waals surface area contributed by atoms with Gasteiger partial charge in [0.15, 0.2) is 5.82 Å². The molecule has 21 heavy (non-hydrogen) atoms. The highest BCUT2D eigenvalue weighted by molar-refractivity contribution is 5.90. The van der Waals surface area contributed by atoms with Gasteiger partial charge in [0, 0.05) is 18.7 Å². The van der Waals surface area contributed by atoms with E-state index in [1.54, 1.807) is 13.1 Å². The fraction of sp³-hybridized carbons (Fsp3) is 0.688. The molecule has 5 heteroatoms. The molecule has 1 heterocycles. The molecule has 0 saturated heterocycles. The molecule has 0 spiro atoms. The summed E-state index contributed by atoms with van der Waals surface area (Å²) < 4.78 is 10.9. The maximum absolute atomic E-state index is 12.0. The van der Waals surface area contributed by atoms with E-state index in [1.165, 1.54) is 0 Å². The molecular formula is C16H24N2O3. The number of carbonyl (C=O) groups excluding carboxylic acids is 1. The largest absolute Gasteiger partial charge is 0.462 e. The molecule has 1 saturated carbocycles. The maximum atomic E-state index is 12.0. The summed E-state index contributed by atoms with van der Waals surface area (Å²) >= 11 is 0. The van der Waals surface area contributed by atoms with Crippen LogP contribution in [-0.2, 0) is 15.1 Å². The second-order valence-corrected chi connectivity index (χ2v) is 5.50. The van der Waals surface area contributed by atoms with Gasteiger partial charge in [-0.2, -0.15) is 0 Å². The molecule has 0 amide bonds. The molecule has 0 radical (unpaired) electrons. The Labute approximate surface area is 126 Å². The van der Waals surface area contributed by atoms with Crippen molar-refractivity contribution in [2.45, 2.75) is 58.5 Å². The summed E-state index contributed by atoms with van der Waals surface area (Å²) in [7, 11) is 0. The topological polar surface area (TPSA) is 61.3 Å². The van der Waals surface area contributed by atoms with Crippen molar-refractivity contribution in [3.05, 3.63) is 23.3 Å². The van der Waals surface area contributed by atoms with Gasteiger partial charge in [0.05, 0.1) is 17.9 Å². The minimum Gasteiger partial charge on any atom is -0.462 e. The van der Waals surface area contributed by atoms with Crippen LogP contribution in [0.15, 0.2) is 6.20 Å². The first-order valence-corrected chi connectivity index (χ1v) is 7.74. The third-order valence-electron chi connectivity index (χ3n) is 3.89. The van der Waals surface area contributed by atoms with Gasteiger partial charge < -0.3 is 9.47 Å². The Morgan fingerprint density at radius 2 is 2.05 bits per heavy atom. The van der Waals surface area contributed by atoms with Crippen LogP contribution >= 0.6 is 0 Å². The van der Waals surface area contributed by atoms with Gasteiger partial charge in [0.1, 0.15) is 5.60 Å². The second kappa shape index (κ2) is 6.52. The summed E-state index contributed by atoms with van der Waals surface area (Å²) in [5.41, 5.74) is 0.807. The molecule has 0 aliphatic heterocycles. The van der Waals surface area contributed by atoms with E-state index in [-0.39, 0.29) is 5.97 Å². The van der Waals surface area contributed by atoms with Crippen LogP contribution in [0.1, 0.15) is 74.8 Å². The van der Waals surface area contributed by atoms with E-state index < -0.39 is 5.60 Å². The zero-order valence-electron chi connectivity index (χ0n) is 13.3. The molecule has 1 aromatic heterocycles. The van der Waals surface area contributed by atoms with Crippen LogP contribution in [0.5, 0.6) is 0 Å². The Hall–Kier alpha value is -1.49. The van der Waals surface area contributed by atoms with E-state index in [2.05, 4.69) is 16.9 Å². The van der Waals surface area contributed by atoms with Crippen molar-refractivity contribution in [2.75, 3.05) is 13.2 Å². The van der Waals surface area contributed by atoms with Crippen molar-refractivity contribution in [3.63, 3.8) is 0 Å². The van der Waals surface area contributed by atoms with E-state index in [0.29, 0.717) is 30.5 Å². The number of rotatable bonds is 7. The number of hydrogen-bond donors (Lipinski definition) is 0. The zero-order valence-corrected chi connectivity index (χ0v) is 13.3. The highest BCUT2D eigenvalue weighted by atomic mass is 16.5. The number of nitrogens with zero attached hydrogens (tertiary/aromatic N) is 2. The average molecular weight is 292 g/mol. The van der Waals surface area contributed by atoms with Crippen LogP contribution in [0.25, 0.3) is 0 Å². The van der Waals surface area contributed by atoms with Gasteiger partial charge >= 0.3 is 5.97 Å². The van der Waals surface area contributed by atoms with E-state index >= 15 is 0 Å². The lowest BCUT2D eigenvalue weighted by molar-refractivity contribution is -0.0392. The smallest absolute Gasteiger partial charge is 0.341 e. The third kappa shape index (κ3) is 3.40. The molecule has 2 rings (SSSR count). The molecule has 5 nitrogen and oxygen atoms in total. The van der Waals surface area contributed by atoms with Gasteiger partial charge in [0.2, 0.25) is 0 Å². The van der Waals surface area contributed by atoms with E-state index in [4.69, 9.17) is 9.47 Å². The van der Waals surface area contributed by atoms with Crippen molar-refractivity contribution in [1.29, 1.82) is 0 Å². The van der Waals surface area contributed by atoms with Crippen molar-refractivity contribution in [2.24, 2.45) is 0 Å². The molecule has 0 bridgehead atoms. The molecule has 1 aliphatic carbocycles. The van der Waals surface area contributed by atoms with Crippen molar-refractivity contribution < 1.29 is 14.3 Å². The van der Waals surface area contributed by atoms with Crippen LogP contribution in [-0.4, -0.2) is 29.2 Å². The quantitative estimate of drug-likeness (QED) is 0.722. The number of carbonyl (C=O) groups is 1. The molecule has 0 aromatic carbocycles. The van der Waals surface area contributed by atoms with Crippen molar-refractivity contribution in [3.8, 4) is 0 Å². The summed E-state index contributed by atoms with van der Waals surface area (Å²) in [5, 5.41) is 0. The number of aromatic nitrogens is 2. The normalized spacial score (nSPS) is 17.3. The first-order valence-electron chi connectivity index (χ1n) is 7.74. The van der Waals surface area contributed by atoms with Crippen LogP contribution in [0.2, 0.25) is 0 Å². The van der Waals surface area contributed by atoms with Gasteiger partial charge in [-0.25, -0.2) is 14.8 Å². The first-order chi connectivity index (χ1) is 10.1. The lowest BCUT2D eigenvalue weighted by atomic mass is 10.0. The highest BCUT2D eigenvalue weighted by Crippen LogP contribution is 2.41. The molecule has 1 aromatic rings. The summed E-state index contributed by atoms with van der Waals surface area (Å²) in [6, 6.07) is 0. The fourth-order valence-electron chi connectivity index (χ4n) is 2.33. The highest BCUT2D eigenvalue weighted by Gasteiger charge is 2.34. The number of hydrogen-bond acceptors (Lipinski definition) is 5. The number of esters is 1. The minimum atomic E-state index is -0.508. The number of ether oxygens (including phenoxy) is 2. The van der Waals surface area contributed by atoms with Crippen molar-refractivity contribution in [1.82, 2.24) is 9.97 Å². The van der Waals surface area contributed by atoms with E-state index in [0.717, 1.165) is 25.0 Å². The minimum absolute atomic E-state index is 0.333. The van der Waals surface area contributed by atoms with E-state index in [1.807, 2.05) is 13.8 Å². The van der Waals surface area contributed by atoms with Gasteiger partial charge in [-0.3, -0.25) is 0 Å². The van der Waals surface area contributed by atoms with Gasteiger partial charge in [-0.1, -0.05) is 6.92 Å². The van der Waals surface area contributed by atoms with Gasteiger partial charge in [-0.15, -0.1) is 0 Å². The lowest BCUT2D eigenvalue weighted by Gasteiger charge is -2.27. The molecule has 0 N–H and O–H groups in total. The summed E-state index contributed by atoms with van der Waals surface area (Å²) in [4.78, 5) is 21.1. The van der Waals surface area contributed by atoms with Crippen LogP contribution in [0.4, 0.5) is 0 Å². The Morgan fingerprint density at radius 1 is 1.33 bits per heavy atom. The first kappa shape index (κ1) is 15.9. The lowest BCUT2D eigenvalue weighted by Crippen LogP contribution is -2.29. The standard InChI is InChI=1S/C16H24N2O3/c1-5-16(4,21-7-3)15-17-10-12(14(19)20-6-2)13(18-15)11-8-9-11/h10-11H,5-9H2,1-4H3. The SMILES string of the molecule is CCOC(=O)c1cnc(C(C)(CC)OCC)nc1C1CC1. The third-order valence-corrected chi connectivity index (χ3v) is 3.89. The zero-order chi connectivity index (χ0) is 15.5. The molecular weight excluding hydrogens is 268 g/mol. The Morgan fingerprint density at radius 3 is 2.57 bits per heavy atom. The predicted molar refractivity (Wildman–Crippen MR) is 79.2 cm³/mol. The Bertz CT molecular complexity index is 514. The average Bonchev–Trinajstić information content (AvgIpc) is 3.31. The van der Waals surface area contributed by atoms with Gasteiger partial charge in [-0.05, 0) is 40.0 Å². The summed E-state index contributed by atoms with van der Waals surface area (Å²) in [6.45, 7) is 8.76. The molecule has 1 unspecified atom stereocenters. The summed E-state index contributed by atoms with van der Waals surface area (Å²) in [5.74, 6) is 0.677. The Balaban J connectivity index is 2.38.